The first kappa shape index (κ1) is 17.9. The zero-order valence-corrected chi connectivity index (χ0v) is 14.8. The minimum Gasteiger partial charge on any atom is -0.489 e. The van der Waals surface area contributed by atoms with E-state index < -0.39 is 5.97 Å². The van der Waals surface area contributed by atoms with Crippen LogP contribution in [-0.4, -0.2) is 28.1 Å². The Labute approximate surface area is 144 Å². The topological polar surface area (TPSA) is 88.5 Å². The van der Waals surface area contributed by atoms with Gasteiger partial charge in [0, 0.05) is 5.92 Å². The molecule has 0 aliphatic rings. The van der Waals surface area contributed by atoms with Crippen molar-refractivity contribution in [2.24, 2.45) is 0 Å². The number of carboxylic acid groups (broad SMARTS) is 1. The zero-order chi connectivity index (χ0) is 17.9. The number of carbonyl (C=O) groups is 2. The van der Waals surface area contributed by atoms with E-state index in [0.717, 1.165) is 5.01 Å². The van der Waals surface area contributed by atoms with Crippen LogP contribution in [0.2, 0.25) is 0 Å². The molecule has 0 fully saturated rings. The second kappa shape index (κ2) is 7.44. The minimum absolute atomic E-state index is 0.0774. The van der Waals surface area contributed by atoms with E-state index in [-0.39, 0.29) is 23.5 Å². The molecule has 2 aromatic rings. The molecule has 0 saturated carbocycles. The highest BCUT2D eigenvalue weighted by molar-refractivity contribution is 7.13. The van der Waals surface area contributed by atoms with Gasteiger partial charge in [-0.2, -0.15) is 0 Å². The SMILES string of the molecule is CC(C)Oc1ccc(C(=O)O)cc1NC(=O)c1cnc(C(C)C)s1. The predicted molar refractivity (Wildman–Crippen MR) is 93.3 cm³/mol. The maximum atomic E-state index is 12.4. The number of aromatic carboxylic acids is 1. The van der Waals surface area contributed by atoms with Crippen LogP contribution in [0.4, 0.5) is 5.69 Å². The van der Waals surface area contributed by atoms with E-state index in [4.69, 9.17) is 9.84 Å². The normalized spacial score (nSPS) is 10.9. The molecule has 1 aromatic carbocycles. The first-order valence-electron chi connectivity index (χ1n) is 7.59. The van der Waals surface area contributed by atoms with Crippen LogP contribution in [0, 0.1) is 0 Å². The summed E-state index contributed by atoms with van der Waals surface area (Å²) in [5, 5.41) is 12.7. The van der Waals surface area contributed by atoms with Crippen LogP contribution in [0.5, 0.6) is 5.75 Å². The number of ether oxygens (including phenoxy) is 1. The third-order valence-corrected chi connectivity index (χ3v) is 4.38. The largest absolute Gasteiger partial charge is 0.489 e. The van der Waals surface area contributed by atoms with Crippen molar-refractivity contribution in [2.75, 3.05) is 5.32 Å². The zero-order valence-electron chi connectivity index (χ0n) is 14.0. The quantitative estimate of drug-likeness (QED) is 0.823. The molecular weight excluding hydrogens is 328 g/mol. The lowest BCUT2D eigenvalue weighted by atomic mass is 10.2. The van der Waals surface area contributed by atoms with Crippen LogP contribution in [0.1, 0.15) is 58.7 Å². The van der Waals surface area contributed by atoms with E-state index in [1.54, 1.807) is 6.07 Å². The van der Waals surface area contributed by atoms with E-state index >= 15 is 0 Å². The highest BCUT2D eigenvalue weighted by Crippen LogP contribution is 2.29. The summed E-state index contributed by atoms with van der Waals surface area (Å²) in [4.78, 5) is 28.3. The van der Waals surface area contributed by atoms with E-state index in [1.807, 2.05) is 27.7 Å². The van der Waals surface area contributed by atoms with Crippen LogP contribution in [0.15, 0.2) is 24.4 Å². The Morgan fingerprint density at radius 2 is 1.96 bits per heavy atom. The van der Waals surface area contributed by atoms with Gasteiger partial charge >= 0.3 is 5.97 Å². The molecule has 0 aliphatic carbocycles. The highest BCUT2D eigenvalue weighted by Gasteiger charge is 2.17. The van der Waals surface area contributed by atoms with Gasteiger partial charge in [-0.05, 0) is 32.0 Å². The molecule has 0 saturated heterocycles. The van der Waals surface area contributed by atoms with Crippen molar-refractivity contribution in [3.8, 4) is 5.75 Å². The third kappa shape index (κ3) is 4.32. The Morgan fingerprint density at radius 3 is 2.50 bits per heavy atom. The van der Waals surface area contributed by atoms with Crippen molar-refractivity contribution >= 4 is 28.9 Å². The summed E-state index contributed by atoms with van der Waals surface area (Å²) in [6, 6.07) is 4.38. The van der Waals surface area contributed by atoms with Gasteiger partial charge in [-0.3, -0.25) is 4.79 Å². The van der Waals surface area contributed by atoms with Crippen LogP contribution < -0.4 is 10.1 Å². The second-order valence-electron chi connectivity index (χ2n) is 5.85. The number of amides is 1. The van der Waals surface area contributed by atoms with Gasteiger partial charge in [0.2, 0.25) is 0 Å². The van der Waals surface area contributed by atoms with Gasteiger partial charge < -0.3 is 15.2 Å². The van der Waals surface area contributed by atoms with E-state index in [9.17, 15) is 9.59 Å². The Kier molecular flexibility index (Phi) is 5.56. The number of aromatic nitrogens is 1. The van der Waals surface area contributed by atoms with Gasteiger partial charge in [0.1, 0.15) is 10.6 Å². The van der Waals surface area contributed by atoms with Gasteiger partial charge in [-0.15, -0.1) is 11.3 Å². The molecule has 6 nitrogen and oxygen atoms in total. The molecule has 1 aromatic heterocycles. The number of hydrogen-bond donors (Lipinski definition) is 2. The van der Waals surface area contributed by atoms with Gasteiger partial charge in [0.15, 0.2) is 0 Å². The standard InChI is InChI=1S/C17H20N2O4S/c1-9(2)16-18-8-14(24-16)15(20)19-12-7-11(17(21)22)5-6-13(12)23-10(3)4/h5-10H,1-4H3,(H,19,20)(H,21,22). The number of benzene rings is 1. The van der Waals surface area contributed by atoms with E-state index in [2.05, 4.69) is 10.3 Å². The fourth-order valence-electron chi connectivity index (χ4n) is 1.96. The van der Waals surface area contributed by atoms with Crippen molar-refractivity contribution in [3.63, 3.8) is 0 Å². The van der Waals surface area contributed by atoms with Crippen LogP contribution in [0.25, 0.3) is 0 Å². The summed E-state index contributed by atoms with van der Waals surface area (Å²) in [7, 11) is 0. The lowest BCUT2D eigenvalue weighted by molar-refractivity contribution is 0.0696. The van der Waals surface area contributed by atoms with Gasteiger partial charge in [-0.25, -0.2) is 9.78 Å². The number of nitrogens with zero attached hydrogens (tertiary/aromatic N) is 1. The Bertz CT molecular complexity index is 753. The molecule has 1 amide bonds. The molecule has 2 rings (SSSR count). The van der Waals surface area contributed by atoms with Crippen molar-refractivity contribution in [2.45, 2.75) is 39.7 Å². The molecule has 128 valence electrons. The highest BCUT2D eigenvalue weighted by atomic mass is 32.1. The van der Waals surface area contributed by atoms with Gasteiger partial charge in [-0.1, -0.05) is 13.8 Å². The van der Waals surface area contributed by atoms with E-state index in [0.29, 0.717) is 16.3 Å². The second-order valence-corrected chi connectivity index (χ2v) is 6.92. The number of nitrogens with one attached hydrogen (secondary N) is 1. The Balaban J connectivity index is 2.29. The molecule has 0 bridgehead atoms. The molecule has 0 unspecified atom stereocenters. The monoisotopic (exact) mass is 348 g/mol. The fourth-order valence-corrected chi connectivity index (χ4v) is 2.78. The predicted octanol–water partition coefficient (Wildman–Crippen LogP) is 4.00. The summed E-state index contributed by atoms with van der Waals surface area (Å²) in [5.74, 6) is -0.735. The smallest absolute Gasteiger partial charge is 0.335 e. The van der Waals surface area contributed by atoms with Crippen molar-refractivity contribution in [1.29, 1.82) is 0 Å². The Hall–Kier alpha value is -2.41. The molecular formula is C17H20N2O4S. The van der Waals surface area contributed by atoms with Gasteiger partial charge in [0.25, 0.3) is 5.91 Å². The first-order valence-corrected chi connectivity index (χ1v) is 8.40. The van der Waals surface area contributed by atoms with Crippen molar-refractivity contribution in [1.82, 2.24) is 4.98 Å². The Morgan fingerprint density at radius 1 is 1.25 bits per heavy atom. The number of carbonyl (C=O) groups excluding carboxylic acids is 1. The summed E-state index contributed by atoms with van der Waals surface area (Å²) in [5.41, 5.74) is 0.404. The first-order chi connectivity index (χ1) is 11.3. The van der Waals surface area contributed by atoms with E-state index in [1.165, 1.54) is 29.7 Å². The van der Waals surface area contributed by atoms with Crippen molar-refractivity contribution < 1.29 is 19.4 Å². The van der Waals surface area contributed by atoms with Crippen molar-refractivity contribution in [3.05, 3.63) is 39.8 Å². The fraction of sp³-hybridized carbons (Fsp3) is 0.353. The van der Waals surface area contributed by atoms with Gasteiger partial charge in [0.05, 0.1) is 28.6 Å². The average molecular weight is 348 g/mol. The van der Waals surface area contributed by atoms with Crippen LogP contribution >= 0.6 is 11.3 Å². The van der Waals surface area contributed by atoms with Crippen LogP contribution in [0.3, 0.4) is 0 Å². The molecule has 0 radical (unpaired) electrons. The summed E-state index contributed by atoms with van der Waals surface area (Å²) < 4.78 is 5.64. The molecule has 2 N–H and O–H groups in total. The number of thiazole rings is 1. The molecule has 7 heteroatoms. The average Bonchev–Trinajstić information content (AvgIpc) is 2.98. The minimum atomic E-state index is -1.07. The summed E-state index contributed by atoms with van der Waals surface area (Å²) >= 11 is 1.32. The summed E-state index contributed by atoms with van der Waals surface area (Å²) in [6.07, 6.45) is 1.42. The lowest BCUT2D eigenvalue weighted by Crippen LogP contribution is -2.14. The molecule has 0 atom stereocenters. The molecule has 0 spiro atoms. The molecule has 24 heavy (non-hydrogen) atoms. The maximum absolute atomic E-state index is 12.4. The lowest BCUT2D eigenvalue weighted by Gasteiger charge is -2.15. The molecule has 1 heterocycles. The van der Waals surface area contributed by atoms with Crippen LogP contribution in [-0.2, 0) is 0 Å². The number of rotatable bonds is 6. The number of anilines is 1. The summed E-state index contributed by atoms with van der Waals surface area (Å²) in [6.45, 7) is 7.72. The maximum Gasteiger partial charge on any atom is 0.335 e. The molecule has 0 aliphatic heterocycles. The number of carboxylic acids is 1. The third-order valence-electron chi connectivity index (χ3n) is 3.08. The number of hydrogen-bond acceptors (Lipinski definition) is 5.